The molecule has 0 radical (unpaired) electrons. The highest BCUT2D eigenvalue weighted by Gasteiger charge is 2.05. The summed E-state index contributed by atoms with van der Waals surface area (Å²) in [7, 11) is 0. The highest BCUT2D eigenvalue weighted by molar-refractivity contribution is 14.1. The Morgan fingerprint density at radius 3 is 2.06 bits per heavy atom. The van der Waals surface area contributed by atoms with Crippen LogP contribution in [0.4, 0.5) is 0 Å². The van der Waals surface area contributed by atoms with Crippen molar-refractivity contribution in [1.29, 1.82) is 0 Å². The van der Waals surface area contributed by atoms with Gasteiger partial charge in [-0.15, -0.1) is 0 Å². The van der Waals surface area contributed by atoms with E-state index in [0.29, 0.717) is 0 Å². The summed E-state index contributed by atoms with van der Waals surface area (Å²) in [6, 6.07) is 8.94. The van der Waals surface area contributed by atoms with Gasteiger partial charge in [0.25, 0.3) is 0 Å². The molecule has 0 fully saturated rings. The summed E-state index contributed by atoms with van der Waals surface area (Å²) < 4.78 is 1.53. The second-order valence-electron chi connectivity index (χ2n) is 4.25. The number of hydrogen-bond acceptors (Lipinski definition) is 0. The van der Waals surface area contributed by atoms with Gasteiger partial charge in [-0.25, -0.2) is 0 Å². The van der Waals surface area contributed by atoms with Crippen molar-refractivity contribution in [2.45, 2.75) is 46.5 Å². The predicted molar refractivity (Wildman–Crippen MR) is 81.9 cm³/mol. The second-order valence-corrected chi connectivity index (χ2v) is 5.55. The Morgan fingerprint density at radius 1 is 1.00 bits per heavy atom. The first-order valence-corrected chi connectivity index (χ1v) is 7.21. The summed E-state index contributed by atoms with van der Waals surface area (Å²) in [5.41, 5.74) is 4.29. The molecule has 0 atom stereocenters. The zero-order valence-electron chi connectivity index (χ0n) is 10.5. The summed E-state index contributed by atoms with van der Waals surface area (Å²) in [5, 5.41) is 0. The Morgan fingerprint density at radius 2 is 1.56 bits per heavy atom. The lowest BCUT2D eigenvalue weighted by Crippen LogP contribution is -1.88. The number of hydrogen-bond donors (Lipinski definition) is 0. The van der Waals surface area contributed by atoms with Gasteiger partial charge >= 0.3 is 0 Å². The first kappa shape index (κ1) is 13.8. The molecule has 1 heteroatoms. The Bertz CT molecular complexity index is 346. The molecule has 0 aliphatic rings. The molecule has 0 heterocycles. The number of benzene rings is 1. The summed E-state index contributed by atoms with van der Waals surface area (Å²) >= 11 is 2.52. The van der Waals surface area contributed by atoms with Gasteiger partial charge in [0.1, 0.15) is 0 Å². The molecular formula is C15H21I. The van der Waals surface area contributed by atoms with Gasteiger partial charge in [0.15, 0.2) is 0 Å². The summed E-state index contributed by atoms with van der Waals surface area (Å²) in [6.45, 7) is 6.64. The molecule has 16 heavy (non-hydrogen) atoms. The van der Waals surface area contributed by atoms with Gasteiger partial charge in [0.05, 0.1) is 0 Å². The third-order valence-corrected chi connectivity index (χ3v) is 3.89. The fourth-order valence-corrected chi connectivity index (χ4v) is 2.93. The Kier molecular flexibility index (Phi) is 6.10. The lowest BCUT2D eigenvalue weighted by Gasteiger charge is -2.10. The molecule has 0 amide bonds. The van der Waals surface area contributed by atoms with Crippen LogP contribution in [-0.2, 0) is 0 Å². The van der Waals surface area contributed by atoms with E-state index in [1.54, 1.807) is 5.57 Å². The second kappa shape index (κ2) is 7.10. The third kappa shape index (κ3) is 3.93. The molecule has 1 aromatic carbocycles. The van der Waals surface area contributed by atoms with E-state index in [1.165, 1.54) is 40.4 Å². The van der Waals surface area contributed by atoms with E-state index in [1.807, 2.05) is 0 Å². The maximum atomic E-state index is 2.52. The maximum absolute atomic E-state index is 2.52. The molecule has 0 bridgehead atoms. The predicted octanol–water partition coefficient (Wildman–Crippen LogP) is 5.74. The van der Waals surface area contributed by atoms with E-state index in [0.717, 1.165) is 0 Å². The van der Waals surface area contributed by atoms with E-state index >= 15 is 0 Å². The van der Waals surface area contributed by atoms with Crippen molar-refractivity contribution in [1.82, 2.24) is 0 Å². The van der Waals surface area contributed by atoms with Crippen LogP contribution in [0.3, 0.4) is 0 Å². The van der Waals surface area contributed by atoms with E-state index < -0.39 is 0 Å². The first-order valence-electron chi connectivity index (χ1n) is 6.13. The molecule has 1 aromatic rings. The molecule has 1 rings (SSSR count). The van der Waals surface area contributed by atoms with Crippen LogP contribution in [0, 0.1) is 6.92 Å². The molecule has 0 nitrogen and oxygen atoms in total. The number of rotatable bonds is 5. The minimum Gasteiger partial charge on any atom is -0.0651 e. The average molecular weight is 328 g/mol. The Balaban J connectivity index is 3.01. The average Bonchev–Trinajstić information content (AvgIpc) is 2.28. The van der Waals surface area contributed by atoms with Crippen LogP contribution in [0.25, 0.3) is 5.57 Å². The quantitative estimate of drug-likeness (QED) is 0.605. The van der Waals surface area contributed by atoms with Gasteiger partial charge in [-0.1, -0.05) is 56.5 Å². The van der Waals surface area contributed by atoms with Gasteiger partial charge in [-0.3, -0.25) is 0 Å². The SMILES string of the molecule is CCC/C(I)=C(\CCC)c1ccc(C)cc1. The summed E-state index contributed by atoms with van der Waals surface area (Å²) in [6.07, 6.45) is 4.86. The Hall–Kier alpha value is -0.310. The molecule has 0 saturated heterocycles. The van der Waals surface area contributed by atoms with Crippen LogP contribution in [-0.4, -0.2) is 0 Å². The Labute approximate surface area is 113 Å². The first-order chi connectivity index (χ1) is 7.69. The van der Waals surface area contributed by atoms with Gasteiger partial charge in [0.2, 0.25) is 0 Å². The van der Waals surface area contributed by atoms with E-state index in [9.17, 15) is 0 Å². The smallest absolute Gasteiger partial charge is 0.00562 e. The van der Waals surface area contributed by atoms with Crippen molar-refractivity contribution in [2.24, 2.45) is 0 Å². The monoisotopic (exact) mass is 328 g/mol. The molecule has 0 spiro atoms. The van der Waals surface area contributed by atoms with Crippen LogP contribution in [0.2, 0.25) is 0 Å². The van der Waals surface area contributed by atoms with Gasteiger partial charge < -0.3 is 0 Å². The number of halogens is 1. The highest BCUT2D eigenvalue weighted by atomic mass is 127. The van der Waals surface area contributed by atoms with Crippen molar-refractivity contribution >= 4 is 28.2 Å². The molecule has 0 aliphatic carbocycles. The van der Waals surface area contributed by atoms with Crippen LogP contribution in [0.15, 0.2) is 27.8 Å². The standard InChI is InChI=1S/C15H21I/c1-4-6-14(15(16)7-5-2)13-10-8-12(3)9-11-13/h8-11H,4-7H2,1-3H3/b15-14-. The third-order valence-electron chi connectivity index (χ3n) is 2.70. The van der Waals surface area contributed by atoms with Crippen LogP contribution >= 0.6 is 22.6 Å². The molecule has 0 aromatic heterocycles. The topological polar surface area (TPSA) is 0 Å². The van der Waals surface area contributed by atoms with Crippen molar-refractivity contribution < 1.29 is 0 Å². The summed E-state index contributed by atoms with van der Waals surface area (Å²) in [5.74, 6) is 0. The fraction of sp³-hybridized carbons (Fsp3) is 0.467. The van der Waals surface area contributed by atoms with Gasteiger partial charge in [0, 0.05) is 0 Å². The number of aryl methyl sites for hydroxylation is 1. The van der Waals surface area contributed by atoms with E-state index in [-0.39, 0.29) is 0 Å². The van der Waals surface area contributed by atoms with Gasteiger partial charge in [-0.05, 0) is 57.1 Å². The summed E-state index contributed by atoms with van der Waals surface area (Å²) in [4.78, 5) is 0. The molecular weight excluding hydrogens is 307 g/mol. The fourth-order valence-electron chi connectivity index (χ4n) is 1.81. The number of allylic oxidation sites excluding steroid dienone is 2. The van der Waals surface area contributed by atoms with Crippen molar-refractivity contribution in [3.05, 3.63) is 39.0 Å². The largest absolute Gasteiger partial charge is 0.0651 e. The van der Waals surface area contributed by atoms with Crippen LogP contribution in [0.5, 0.6) is 0 Å². The van der Waals surface area contributed by atoms with Crippen LogP contribution in [0.1, 0.15) is 50.7 Å². The van der Waals surface area contributed by atoms with Crippen molar-refractivity contribution in [2.75, 3.05) is 0 Å². The van der Waals surface area contributed by atoms with E-state index in [2.05, 4.69) is 67.6 Å². The molecule has 0 aliphatic heterocycles. The molecule has 88 valence electrons. The lowest BCUT2D eigenvalue weighted by atomic mass is 9.99. The molecule has 0 saturated carbocycles. The van der Waals surface area contributed by atoms with Crippen LogP contribution < -0.4 is 0 Å². The zero-order valence-corrected chi connectivity index (χ0v) is 12.7. The minimum atomic E-state index is 1.20. The van der Waals surface area contributed by atoms with Gasteiger partial charge in [-0.2, -0.15) is 0 Å². The highest BCUT2D eigenvalue weighted by Crippen LogP contribution is 2.30. The van der Waals surface area contributed by atoms with Crippen molar-refractivity contribution in [3.8, 4) is 0 Å². The molecule has 0 N–H and O–H groups in total. The van der Waals surface area contributed by atoms with Crippen molar-refractivity contribution in [3.63, 3.8) is 0 Å². The van der Waals surface area contributed by atoms with E-state index in [4.69, 9.17) is 0 Å². The normalized spacial score (nSPS) is 12.5. The lowest BCUT2D eigenvalue weighted by molar-refractivity contribution is 0.929. The zero-order chi connectivity index (χ0) is 12.0. The minimum absolute atomic E-state index is 1.20. The maximum Gasteiger partial charge on any atom is -0.00562 e. The molecule has 0 unspecified atom stereocenters.